The number of nitrogens with two attached hydrogens (primary N) is 1. The summed E-state index contributed by atoms with van der Waals surface area (Å²) in [5, 5.41) is 3.12. The Kier molecular flexibility index (Phi) is 3.59. The number of anilines is 2. The number of amides is 1. The number of hydrogen-bond acceptors (Lipinski definition) is 5. The number of pyridine rings is 1. The Hall–Kier alpha value is -3.74. The zero-order valence-electron chi connectivity index (χ0n) is 13.1. The van der Waals surface area contributed by atoms with E-state index in [9.17, 15) is 4.79 Å². The van der Waals surface area contributed by atoms with Gasteiger partial charge in [0.15, 0.2) is 0 Å². The predicted molar refractivity (Wildman–Crippen MR) is 94.5 cm³/mol. The average Bonchev–Trinajstić information content (AvgIpc) is 3.06. The Morgan fingerprint density at radius 1 is 1.04 bits per heavy atom. The summed E-state index contributed by atoms with van der Waals surface area (Å²) in [6.07, 6.45) is 5.41. The number of hydrogen-bond donors (Lipinski definition) is 2. The van der Waals surface area contributed by atoms with E-state index in [1.165, 1.54) is 0 Å². The molecule has 3 N–H and O–H groups in total. The lowest BCUT2D eigenvalue weighted by atomic mass is 10.2. The van der Waals surface area contributed by atoms with E-state index in [2.05, 4.69) is 20.3 Å². The highest BCUT2D eigenvalue weighted by molar-refractivity contribution is 5.93. The van der Waals surface area contributed by atoms with Gasteiger partial charge in [-0.1, -0.05) is 6.07 Å². The minimum Gasteiger partial charge on any atom is -0.366 e. The van der Waals surface area contributed by atoms with E-state index in [0.717, 1.165) is 22.7 Å². The van der Waals surface area contributed by atoms with Crippen LogP contribution in [0.25, 0.3) is 17.0 Å². The van der Waals surface area contributed by atoms with E-state index < -0.39 is 5.91 Å². The molecule has 0 atom stereocenters. The second-order valence-electron chi connectivity index (χ2n) is 5.40. The summed E-state index contributed by atoms with van der Waals surface area (Å²) in [6, 6.07) is 14.5. The van der Waals surface area contributed by atoms with Crippen molar-refractivity contribution in [2.75, 3.05) is 5.32 Å². The molecular weight excluding hydrogens is 316 g/mol. The van der Waals surface area contributed by atoms with Crippen molar-refractivity contribution in [3.8, 4) is 11.4 Å². The molecule has 4 aromatic rings. The molecule has 0 spiro atoms. The average molecular weight is 330 g/mol. The normalized spacial score (nSPS) is 10.7. The minimum atomic E-state index is -0.461. The molecule has 1 aromatic carbocycles. The molecule has 7 heteroatoms. The molecule has 0 aliphatic carbocycles. The molecule has 3 aromatic heterocycles. The maximum atomic E-state index is 11.1. The van der Waals surface area contributed by atoms with E-state index >= 15 is 0 Å². The summed E-state index contributed by atoms with van der Waals surface area (Å²) in [5.41, 5.74) is 8.95. The first-order chi connectivity index (χ1) is 12.2. The molecule has 25 heavy (non-hydrogen) atoms. The fourth-order valence-corrected chi connectivity index (χ4v) is 2.53. The van der Waals surface area contributed by atoms with Crippen LogP contribution in [0.3, 0.4) is 0 Å². The summed E-state index contributed by atoms with van der Waals surface area (Å²) < 4.78 is 1.97. The van der Waals surface area contributed by atoms with Crippen molar-refractivity contribution >= 4 is 23.2 Å². The molecule has 0 radical (unpaired) electrons. The SMILES string of the molecule is NC(=O)c1ccc(Nc2nccc(-c3cnc4ccccn34)n2)cc1. The molecule has 4 rings (SSSR count). The monoisotopic (exact) mass is 330 g/mol. The van der Waals surface area contributed by atoms with Crippen molar-refractivity contribution in [3.05, 3.63) is 72.7 Å². The van der Waals surface area contributed by atoms with Gasteiger partial charge < -0.3 is 11.1 Å². The minimum absolute atomic E-state index is 0.450. The highest BCUT2D eigenvalue weighted by Gasteiger charge is 2.08. The second-order valence-corrected chi connectivity index (χ2v) is 5.40. The second kappa shape index (κ2) is 6.04. The first kappa shape index (κ1) is 14.8. The molecule has 0 saturated heterocycles. The summed E-state index contributed by atoms with van der Waals surface area (Å²) >= 11 is 0. The molecule has 122 valence electrons. The fraction of sp³-hybridized carbons (Fsp3) is 0. The first-order valence-corrected chi connectivity index (χ1v) is 7.63. The van der Waals surface area contributed by atoms with Gasteiger partial charge in [0.25, 0.3) is 0 Å². The van der Waals surface area contributed by atoms with Gasteiger partial charge in [-0.05, 0) is 42.5 Å². The molecule has 0 aliphatic rings. The van der Waals surface area contributed by atoms with E-state index in [4.69, 9.17) is 5.73 Å². The molecule has 0 fully saturated rings. The lowest BCUT2D eigenvalue weighted by molar-refractivity contribution is 0.100. The van der Waals surface area contributed by atoms with Gasteiger partial charge >= 0.3 is 0 Å². The summed E-state index contributed by atoms with van der Waals surface area (Å²) in [6.45, 7) is 0. The largest absolute Gasteiger partial charge is 0.366 e. The van der Waals surface area contributed by atoms with Crippen LogP contribution in [0.15, 0.2) is 67.1 Å². The van der Waals surface area contributed by atoms with Gasteiger partial charge in [0.2, 0.25) is 11.9 Å². The Labute approximate surface area is 143 Å². The topological polar surface area (TPSA) is 98.2 Å². The molecular formula is C18H14N6O. The number of imidazole rings is 1. The van der Waals surface area contributed by atoms with Crippen molar-refractivity contribution in [2.24, 2.45) is 5.73 Å². The third kappa shape index (κ3) is 2.90. The van der Waals surface area contributed by atoms with E-state index in [1.54, 1.807) is 36.7 Å². The maximum absolute atomic E-state index is 11.1. The quantitative estimate of drug-likeness (QED) is 0.599. The Bertz CT molecular complexity index is 1050. The number of fused-ring (bicyclic) bond motifs is 1. The Balaban J connectivity index is 1.64. The molecule has 0 aliphatic heterocycles. The highest BCUT2D eigenvalue weighted by Crippen LogP contribution is 2.21. The number of aromatic nitrogens is 4. The summed E-state index contributed by atoms with van der Waals surface area (Å²) in [7, 11) is 0. The van der Waals surface area contributed by atoms with Crippen molar-refractivity contribution in [1.29, 1.82) is 0 Å². The van der Waals surface area contributed by atoms with Crippen LogP contribution in [0.1, 0.15) is 10.4 Å². The van der Waals surface area contributed by atoms with Crippen LogP contribution < -0.4 is 11.1 Å². The number of nitrogens with one attached hydrogen (secondary N) is 1. The van der Waals surface area contributed by atoms with Gasteiger partial charge in [-0.3, -0.25) is 9.20 Å². The van der Waals surface area contributed by atoms with Crippen LogP contribution in [-0.4, -0.2) is 25.3 Å². The van der Waals surface area contributed by atoms with Gasteiger partial charge in [0.05, 0.1) is 17.6 Å². The van der Waals surface area contributed by atoms with E-state index in [-0.39, 0.29) is 0 Å². The maximum Gasteiger partial charge on any atom is 0.248 e. The van der Waals surface area contributed by atoms with Crippen molar-refractivity contribution in [2.45, 2.75) is 0 Å². The van der Waals surface area contributed by atoms with Crippen molar-refractivity contribution < 1.29 is 4.79 Å². The molecule has 0 saturated carbocycles. The fourth-order valence-electron chi connectivity index (χ4n) is 2.53. The van der Waals surface area contributed by atoms with Crippen LogP contribution in [0, 0.1) is 0 Å². The Morgan fingerprint density at radius 3 is 2.68 bits per heavy atom. The van der Waals surface area contributed by atoms with Gasteiger partial charge in [-0.15, -0.1) is 0 Å². The zero-order chi connectivity index (χ0) is 17.2. The standard InChI is InChI=1S/C18H14N6O/c19-17(25)12-4-6-13(7-5-12)22-18-20-9-8-14(23-18)15-11-21-16-3-1-2-10-24(15)16/h1-11H,(H2,19,25)(H,20,22,23). The summed E-state index contributed by atoms with van der Waals surface area (Å²) in [5.74, 6) is -0.00684. The number of rotatable bonds is 4. The highest BCUT2D eigenvalue weighted by atomic mass is 16.1. The van der Waals surface area contributed by atoms with Gasteiger partial charge in [-0.25, -0.2) is 15.0 Å². The van der Waals surface area contributed by atoms with Crippen LogP contribution in [0.4, 0.5) is 11.6 Å². The molecule has 0 bridgehead atoms. The number of nitrogens with zero attached hydrogens (tertiary/aromatic N) is 4. The van der Waals surface area contributed by atoms with E-state index in [0.29, 0.717) is 11.5 Å². The van der Waals surface area contributed by atoms with Crippen LogP contribution in [-0.2, 0) is 0 Å². The van der Waals surface area contributed by atoms with Gasteiger partial charge in [0.1, 0.15) is 5.65 Å². The third-order valence-corrected chi connectivity index (χ3v) is 3.76. The number of primary amides is 1. The molecule has 3 heterocycles. The van der Waals surface area contributed by atoms with E-state index in [1.807, 2.05) is 34.9 Å². The lowest BCUT2D eigenvalue weighted by Crippen LogP contribution is -2.10. The number of benzene rings is 1. The smallest absolute Gasteiger partial charge is 0.248 e. The zero-order valence-corrected chi connectivity index (χ0v) is 13.1. The first-order valence-electron chi connectivity index (χ1n) is 7.63. The molecule has 7 nitrogen and oxygen atoms in total. The van der Waals surface area contributed by atoms with Gasteiger partial charge in [-0.2, -0.15) is 0 Å². The van der Waals surface area contributed by atoms with Crippen LogP contribution in [0.2, 0.25) is 0 Å². The molecule has 1 amide bonds. The molecule has 0 unspecified atom stereocenters. The number of carbonyl (C=O) groups excluding carboxylic acids is 1. The van der Waals surface area contributed by atoms with Crippen LogP contribution in [0.5, 0.6) is 0 Å². The Morgan fingerprint density at radius 2 is 1.88 bits per heavy atom. The summed E-state index contributed by atoms with van der Waals surface area (Å²) in [4.78, 5) is 24.3. The third-order valence-electron chi connectivity index (χ3n) is 3.76. The van der Waals surface area contributed by atoms with Crippen LogP contribution >= 0.6 is 0 Å². The van der Waals surface area contributed by atoms with Crippen molar-refractivity contribution in [1.82, 2.24) is 19.4 Å². The lowest BCUT2D eigenvalue weighted by Gasteiger charge is -2.07. The number of carbonyl (C=O) groups is 1. The predicted octanol–water partition coefficient (Wildman–Crippen LogP) is 2.63. The van der Waals surface area contributed by atoms with Gasteiger partial charge in [0, 0.05) is 23.6 Å². The van der Waals surface area contributed by atoms with Crippen molar-refractivity contribution in [3.63, 3.8) is 0 Å².